The number of hydrogen-bond donors (Lipinski definition) is 2. The molecule has 2 aromatic rings. The maximum atomic E-state index is 12.3. The fourth-order valence-electron chi connectivity index (χ4n) is 2.06. The summed E-state index contributed by atoms with van der Waals surface area (Å²) in [6.45, 7) is 8.10. The van der Waals surface area contributed by atoms with E-state index in [0.717, 1.165) is 22.5 Å². The Morgan fingerprint density at radius 1 is 1.14 bits per heavy atom. The molecule has 0 saturated carbocycles. The second kappa shape index (κ2) is 5.93. The molecule has 2 rings (SSSR count). The number of carboxylic acids is 1. The summed E-state index contributed by atoms with van der Waals surface area (Å²) < 4.78 is 0. The van der Waals surface area contributed by atoms with Crippen molar-refractivity contribution < 1.29 is 14.7 Å². The lowest BCUT2D eigenvalue weighted by atomic mass is 9.87. The van der Waals surface area contributed by atoms with Gasteiger partial charge in [0.25, 0.3) is 5.91 Å². The van der Waals surface area contributed by atoms with E-state index in [1.807, 2.05) is 12.1 Å². The van der Waals surface area contributed by atoms with Gasteiger partial charge in [0.15, 0.2) is 0 Å². The lowest BCUT2D eigenvalue weighted by molar-refractivity contribution is 0.0703. The van der Waals surface area contributed by atoms with Crippen LogP contribution in [0.15, 0.2) is 29.6 Å². The first kappa shape index (κ1) is 16.2. The van der Waals surface area contributed by atoms with Crippen molar-refractivity contribution in [3.8, 4) is 0 Å². The predicted molar refractivity (Wildman–Crippen MR) is 89.1 cm³/mol. The Morgan fingerprint density at radius 3 is 2.23 bits per heavy atom. The molecular formula is C17H19NO3S. The average molecular weight is 317 g/mol. The van der Waals surface area contributed by atoms with Crippen molar-refractivity contribution in [3.63, 3.8) is 0 Å². The molecule has 1 aromatic heterocycles. The van der Waals surface area contributed by atoms with Crippen molar-refractivity contribution in [1.82, 2.24) is 0 Å². The van der Waals surface area contributed by atoms with Gasteiger partial charge >= 0.3 is 5.97 Å². The largest absolute Gasteiger partial charge is 0.477 e. The number of carbonyl (C=O) groups excluding carboxylic acids is 1. The van der Waals surface area contributed by atoms with Crippen molar-refractivity contribution in [2.45, 2.75) is 33.1 Å². The SMILES string of the molecule is Cc1csc(C(=O)O)c1NC(=O)c1ccc(C(C)(C)C)cc1. The van der Waals surface area contributed by atoms with Crippen LogP contribution in [0.4, 0.5) is 5.69 Å². The Hall–Kier alpha value is -2.14. The molecule has 0 saturated heterocycles. The highest BCUT2D eigenvalue weighted by Crippen LogP contribution is 2.28. The van der Waals surface area contributed by atoms with E-state index >= 15 is 0 Å². The van der Waals surface area contributed by atoms with Gasteiger partial charge in [-0.1, -0.05) is 32.9 Å². The van der Waals surface area contributed by atoms with Crippen molar-refractivity contribution in [1.29, 1.82) is 0 Å². The Balaban J connectivity index is 2.23. The number of carboxylic acid groups (broad SMARTS) is 1. The number of benzene rings is 1. The van der Waals surface area contributed by atoms with Crippen LogP contribution < -0.4 is 5.32 Å². The number of aromatic carboxylic acids is 1. The van der Waals surface area contributed by atoms with Crippen LogP contribution in [0.5, 0.6) is 0 Å². The summed E-state index contributed by atoms with van der Waals surface area (Å²) in [6, 6.07) is 7.37. The van der Waals surface area contributed by atoms with Gasteiger partial charge in [-0.05, 0) is 41.0 Å². The maximum Gasteiger partial charge on any atom is 0.348 e. The molecule has 22 heavy (non-hydrogen) atoms. The first-order valence-corrected chi connectivity index (χ1v) is 7.81. The van der Waals surface area contributed by atoms with E-state index in [0.29, 0.717) is 11.3 Å². The summed E-state index contributed by atoms with van der Waals surface area (Å²) in [6.07, 6.45) is 0. The van der Waals surface area contributed by atoms with E-state index in [1.165, 1.54) is 0 Å². The molecule has 5 heteroatoms. The molecule has 0 radical (unpaired) electrons. The third-order valence-corrected chi connectivity index (χ3v) is 4.51. The fraction of sp³-hybridized carbons (Fsp3) is 0.294. The monoisotopic (exact) mass is 317 g/mol. The van der Waals surface area contributed by atoms with Crippen LogP contribution in [-0.4, -0.2) is 17.0 Å². The van der Waals surface area contributed by atoms with Crippen LogP contribution in [0.25, 0.3) is 0 Å². The smallest absolute Gasteiger partial charge is 0.348 e. The van der Waals surface area contributed by atoms with E-state index in [-0.39, 0.29) is 16.2 Å². The zero-order chi connectivity index (χ0) is 16.5. The summed E-state index contributed by atoms with van der Waals surface area (Å²) in [4.78, 5) is 23.6. The minimum atomic E-state index is -1.03. The Bertz CT molecular complexity index is 708. The van der Waals surface area contributed by atoms with Crippen molar-refractivity contribution in [3.05, 3.63) is 51.2 Å². The molecule has 4 nitrogen and oxygen atoms in total. The van der Waals surface area contributed by atoms with Gasteiger partial charge in [-0.3, -0.25) is 4.79 Å². The number of anilines is 1. The molecule has 1 heterocycles. The fourth-order valence-corrected chi connectivity index (χ4v) is 2.91. The maximum absolute atomic E-state index is 12.3. The Labute approximate surface area is 133 Å². The van der Waals surface area contributed by atoms with Crippen molar-refractivity contribution in [2.24, 2.45) is 0 Å². The number of carbonyl (C=O) groups is 2. The lowest BCUT2D eigenvalue weighted by Gasteiger charge is -2.19. The topological polar surface area (TPSA) is 66.4 Å². The zero-order valence-electron chi connectivity index (χ0n) is 13.1. The molecule has 0 aliphatic heterocycles. The van der Waals surface area contributed by atoms with E-state index < -0.39 is 5.97 Å². The second-order valence-corrected chi connectivity index (χ2v) is 7.09. The zero-order valence-corrected chi connectivity index (χ0v) is 13.9. The number of aryl methyl sites for hydroxylation is 1. The molecule has 0 fully saturated rings. The van der Waals surface area contributed by atoms with Crippen LogP contribution in [0.3, 0.4) is 0 Å². The van der Waals surface area contributed by atoms with E-state index in [4.69, 9.17) is 5.11 Å². The van der Waals surface area contributed by atoms with Crippen LogP contribution in [0.1, 0.15) is 51.9 Å². The highest BCUT2D eigenvalue weighted by Gasteiger charge is 2.19. The highest BCUT2D eigenvalue weighted by molar-refractivity contribution is 7.12. The van der Waals surface area contributed by atoms with Gasteiger partial charge < -0.3 is 10.4 Å². The minimum Gasteiger partial charge on any atom is -0.477 e. The lowest BCUT2D eigenvalue weighted by Crippen LogP contribution is -2.15. The van der Waals surface area contributed by atoms with Crippen LogP contribution in [0.2, 0.25) is 0 Å². The summed E-state index contributed by atoms with van der Waals surface area (Å²) >= 11 is 1.11. The number of hydrogen-bond acceptors (Lipinski definition) is 3. The van der Waals surface area contributed by atoms with Crippen LogP contribution in [0, 0.1) is 6.92 Å². The standard InChI is InChI=1S/C17H19NO3S/c1-10-9-22-14(16(20)21)13(10)18-15(19)11-5-7-12(8-6-11)17(2,3)4/h5-9H,1-4H3,(H,18,19)(H,20,21). The first-order chi connectivity index (χ1) is 10.2. The van der Waals surface area contributed by atoms with Gasteiger partial charge in [0.1, 0.15) is 4.88 Å². The normalized spacial score (nSPS) is 11.3. The van der Waals surface area contributed by atoms with Crippen LogP contribution in [-0.2, 0) is 5.41 Å². The van der Waals surface area contributed by atoms with E-state index in [1.54, 1.807) is 24.4 Å². The second-order valence-electron chi connectivity index (χ2n) is 6.21. The number of amides is 1. The predicted octanol–water partition coefficient (Wildman–Crippen LogP) is 4.30. The van der Waals surface area contributed by atoms with E-state index in [9.17, 15) is 9.59 Å². The minimum absolute atomic E-state index is 0.0232. The molecule has 0 aliphatic rings. The van der Waals surface area contributed by atoms with Gasteiger partial charge in [-0.25, -0.2) is 4.79 Å². The van der Waals surface area contributed by atoms with Crippen molar-refractivity contribution >= 4 is 28.9 Å². The third-order valence-electron chi connectivity index (χ3n) is 3.42. The molecule has 2 N–H and O–H groups in total. The van der Waals surface area contributed by atoms with Gasteiger partial charge in [-0.2, -0.15) is 0 Å². The quantitative estimate of drug-likeness (QED) is 0.886. The van der Waals surface area contributed by atoms with Gasteiger partial charge in [-0.15, -0.1) is 11.3 Å². The molecule has 0 atom stereocenters. The number of thiophene rings is 1. The molecule has 0 aliphatic carbocycles. The molecule has 0 spiro atoms. The summed E-state index contributed by atoms with van der Waals surface area (Å²) in [7, 11) is 0. The molecule has 0 unspecified atom stereocenters. The summed E-state index contributed by atoms with van der Waals surface area (Å²) in [5.74, 6) is -1.33. The third kappa shape index (κ3) is 3.36. The first-order valence-electron chi connectivity index (χ1n) is 6.93. The average Bonchev–Trinajstić information content (AvgIpc) is 2.79. The molecule has 1 amide bonds. The highest BCUT2D eigenvalue weighted by atomic mass is 32.1. The number of nitrogens with one attached hydrogen (secondary N) is 1. The Morgan fingerprint density at radius 2 is 1.73 bits per heavy atom. The van der Waals surface area contributed by atoms with Gasteiger partial charge in [0, 0.05) is 5.56 Å². The number of rotatable bonds is 3. The molecule has 1 aromatic carbocycles. The molecule has 116 valence electrons. The van der Waals surface area contributed by atoms with Crippen LogP contribution >= 0.6 is 11.3 Å². The summed E-state index contributed by atoms with van der Waals surface area (Å²) in [5, 5.41) is 13.6. The Kier molecular flexibility index (Phi) is 4.37. The van der Waals surface area contributed by atoms with Gasteiger partial charge in [0.2, 0.25) is 0 Å². The van der Waals surface area contributed by atoms with Crippen molar-refractivity contribution in [2.75, 3.05) is 5.32 Å². The van der Waals surface area contributed by atoms with E-state index in [2.05, 4.69) is 26.1 Å². The summed E-state index contributed by atoms with van der Waals surface area (Å²) in [5.41, 5.74) is 2.80. The molecular weight excluding hydrogens is 298 g/mol. The van der Waals surface area contributed by atoms with Gasteiger partial charge in [0.05, 0.1) is 5.69 Å². The molecule has 0 bridgehead atoms.